The zero-order chi connectivity index (χ0) is 17.5. The number of rotatable bonds is 3. The van der Waals surface area contributed by atoms with Gasteiger partial charge in [-0.05, 0) is 70.2 Å². The van der Waals surface area contributed by atoms with Gasteiger partial charge in [0.1, 0.15) is 0 Å². The fraction of sp³-hybridized carbons (Fsp3) is 0.684. The molecule has 1 atom stereocenters. The van der Waals surface area contributed by atoms with E-state index in [1.165, 1.54) is 18.5 Å². The number of carbonyl (C=O) groups excluding carboxylic acids is 1. The van der Waals surface area contributed by atoms with Gasteiger partial charge < -0.3 is 5.32 Å². The quantitative estimate of drug-likeness (QED) is 0.910. The van der Waals surface area contributed by atoms with Gasteiger partial charge in [-0.2, -0.15) is 9.61 Å². The summed E-state index contributed by atoms with van der Waals surface area (Å²) in [7, 11) is 0. The highest BCUT2D eigenvalue weighted by atomic mass is 16.2. The summed E-state index contributed by atoms with van der Waals surface area (Å²) in [6.07, 6.45) is 7.73. The number of piperidine rings is 1. The van der Waals surface area contributed by atoms with Gasteiger partial charge in [0.25, 0.3) is 0 Å². The van der Waals surface area contributed by atoms with Crippen molar-refractivity contribution >= 4 is 11.6 Å². The lowest BCUT2D eigenvalue weighted by molar-refractivity contribution is -0.126. The van der Waals surface area contributed by atoms with Crippen LogP contribution < -0.4 is 5.32 Å². The molecule has 2 aliphatic heterocycles. The van der Waals surface area contributed by atoms with Crippen LogP contribution in [0.15, 0.2) is 12.1 Å². The highest BCUT2D eigenvalue weighted by Crippen LogP contribution is 2.39. The predicted molar refractivity (Wildman–Crippen MR) is 97.0 cm³/mol. The molecule has 138 valence electrons. The number of amides is 1. The first kappa shape index (κ1) is 16.2. The number of nitrogens with zero attached hydrogens (tertiary/aromatic N) is 5. The Bertz CT molecular complexity index is 805. The number of hydrogen-bond donors (Lipinski definition) is 1. The molecule has 26 heavy (non-hydrogen) atoms. The molecule has 0 spiro atoms. The predicted octanol–water partition coefficient (Wildman–Crippen LogP) is 1.85. The molecule has 1 N–H and O–H groups in total. The minimum Gasteiger partial charge on any atom is -0.355 e. The summed E-state index contributed by atoms with van der Waals surface area (Å²) < 4.78 is 1.96. The van der Waals surface area contributed by atoms with Crippen molar-refractivity contribution in [2.75, 3.05) is 19.6 Å². The summed E-state index contributed by atoms with van der Waals surface area (Å²) in [5, 5.41) is 16.7. The van der Waals surface area contributed by atoms with E-state index in [0.29, 0.717) is 11.8 Å². The molecule has 1 aliphatic carbocycles. The van der Waals surface area contributed by atoms with E-state index in [1.54, 1.807) is 0 Å². The van der Waals surface area contributed by atoms with Gasteiger partial charge >= 0.3 is 0 Å². The summed E-state index contributed by atoms with van der Waals surface area (Å²) >= 11 is 0. The number of carbonyl (C=O) groups is 1. The van der Waals surface area contributed by atoms with Crippen LogP contribution >= 0.6 is 0 Å². The zero-order valence-corrected chi connectivity index (χ0v) is 15.1. The Morgan fingerprint density at radius 3 is 2.62 bits per heavy atom. The van der Waals surface area contributed by atoms with Crippen molar-refractivity contribution in [3.05, 3.63) is 23.7 Å². The fourth-order valence-electron chi connectivity index (χ4n) is 4.41. The van der Waals surface area contributed by atoms with Crippen molar-refractivity contribution in [3.8, 4) is 0 Å². The second kappa shape index (κ2) is 6.61. The third kappa shape index (κ3) is 2.98. The molecule has 1 unspecified atom stereocenters. The van der Waals surface area contributed by atoms with Crippen molar-refractivity contribution in [2.45, 2.75) is 62.8 Å². The average Bonchev–Trinajstić information content (AvgIpc) is 3.47. The Hall–Kier alpha value is -2.02. The van der Waals surface area contributed by atoms with Crippen LogP contribution in [0.3, 0.4) is 0 Å². The number of hydrogen-bond acceptors (Lipinski definition) is 5. The van der Waals surface area contributed by atoms with Crippen molar-refractivity contribution in [2.24, 2.45) is 0 Å². The van der Waals surface area contributed by atoms with E-state index in [2.05, 4.69) is 26.5 Å². The lowest BCUT2D eigenvalue weighted by atomic mass is 9.94. The molecule has 7 heteroatoms. The molecule has 1 amide bonds. The third-order valence-corrected chi connectivity index (χ3v) is 6.14. The van der Waals surface area contributed by atoms with Gasteiger partial charge in [-0.1, -0.05) is 0 Å². The standard InChI is InChI=1S/C19H26N6O/c26-19-16(3-1-2-10-20-19)24-11-8-14(9-12-24)18-22-21-17-7-6-15(13-4-5-13)23-25(17)18/h6-7,13-14,16H,1-5,8-12H2,(H,20,26). The first-order chi connectivity index (χ1) is 12.8. The first-order valence-electron chi connectivity index (χ1n) is 10.0. The topological polar surface area (TPSA) is 75.4 Å². The fourth-order valence-corrected chi connectivity index (χ4v) is 4.41. The Kier molecular flexibility index (Phi) is 4.11. The molecule has 0 bridgehead atoms. The molecule has 0 radical (unpaired) electrons. The summed E-state index contributed by atoms with van der Waals surface area (Å²) in [5.74, 6) is 2.21. The van der Waals surface area contributed by atoms with Crippen LogP contribution in [0, 0.1) is 0 Å². The largest absolute Gasteiger partial charge is 0.355 e. The second-order valence-electron chi connectivity index (χ2n) is 7.97. The summed E-state index contributed by atoms with van der Waals surface area (Å²) in [6.45, 7) is 2.71. The number of likely N-dealkylation sites (tertiary alicyclic amines) is 1. The van der Waals surface area contributed by atoms with Gasteiger partial charge in [0.05, 0.1) is 11.7 Å². The minimum absolute atomic E-state index is 0.0492. The van der Waals surface area contributed by atoms with Crippen molar-refractivity contribution < 1.29 is 4.79 Å². The van der Waals surface area contributed by atoms with E-state index in [0.717, 1.165) is 63.2 Å². The molecule has 0 aromatic carbocycles. The number of aromatic nitrogens is 4. The highest BCUT2D eigenvalue weighted by molar-refractivity contribution is 5.81. The highest BCUT2D eigenvalue weighted by Gasteiger charge is 2.33. The van der Waals surface area contributed by atoms with E-state index in [9.17, 15) is 4.79 Å². The maximum Gasteiger partial charge on any atom is 0.237 e. The van der Waals surface area contributed by atoms with Crippen LogP contribution in [0.1, 0.15) is 68.3 Å². The van der Waals surface area contributed by atoms with Crippen LogP contribution in [0.2, 0.25) is 0 Å². The summed E-state index contributed by atoms with van der Waals surface area (Å²) in [5.41, 5.74) is 2.01. The van der Waals surface area contributed by atoms with Crippen molar-refractivity contribution in [1.82, 2.24) is 30.0 Å². The van der Waals surface area contributed by atoms with E-state index in [4.69, 9.17) is 5.10 Å². The van der Waals surface area contributed by atoms with Crippen LogP contribution in [0.5, 0.6) is 0 Å². The number of fused-ring (bicyclic) bond motifs is 1. The van der Waals surface area contributed by atoms with Gasteiger partial charge in [-0.15, -0.1) is 10.2 Å². The SMILES string of the molecule is O=C1NCCCCC1N1CCC(c2nnc3ccc(C4CC4)nn23)CC1. The summed E-state index contributed by atoms with van der Waals surface area (Å²) in [6, 6.07) is 4.19. The normalized spacial score (nSPS) is 26.0. The average molecular weight is 354 g/mol. The Morgan fingerprint density at radius 2 is 1.81 bits per heavy atom. The van der Waals surface area contributed by atoms with Crippen LogP contribution in [0.4, 0.5) is 0 Å². The lowest BCUT2D eigenvalue weighted by Gasteiger charge is -2.35. The van der Waals surface area contributed by atoms with Gasteiger partial charge in [0.15, 0.2) is 11.5 Å². The minimum atomic E-state index is 0.0492. The van der Waals surface area contributed by atoms with Crippen LogP contribution in [-0.4, -0.2) is 56.3 Å². The lowest BCUT2D eigenvalue weighted by Crippen LogP contribution is -2.48. The molecule has 4 heterocycles. The first-order valence-corrected chi connectivity index (χ1v) is 10.0. The van der Waals surface area contributed by atoms with Crippen molar-refractivity contribution in [3.63, 3.8) is 0 Å². The molecular formula is C19H26N6O. The zero-order valence-electron chi connectivity index (χ0n) is 15.1. The maximum absolute atomic E-state index is 12.3. The van der Waals surface area contributed by atoms with E-state index < -0.39 is 0 Å². The molecule has 7 nitrogen and oxygen atoms in total. The van der Waals surface area contributed by atoms with Gasteiger partial charge in [0, 0.05) is 18.4 Å². The maximum atomic E-state index is 12.3. The Morgan fingerprint density at radius 1 is 0.962 bits per heavy atom. The Labute approximate surface area is 153 Å². The van der Waals surface area contributed by atoms with Crippen LogP contribution in [-0.2, 0) is 4.79 Å². The monoisotopic (exact) mass is 354 g/mol. The van der Waals surface area contributed by atoms with E-state index in [-0.39, 0.29) is 11.9 Å². The van der Waals surface area contributed by atoms with Crippen molar-refractivity contribution in [1.29, 1.82) is 0 Å². The molecule has 5 rings (SSSR count). The molecule has 3 fully saturated rings. The summed E-state index contributed by atoms with van der Waals surface area (Å²) in [4.78, 5) is 14.7. The number of nitrogens with one attached hydrogen (secondary N) is 1. The smallest absolute Gasteiger partial charge is 0.237 e. The van der Waals surface area contributed by atoms with Gasteiger partial charge in [0.2, 0.25) is 5.91 Å². The third-order valence-electron chi connectivity index (χ3n) is 6.14. The molecule has 1 saturated carbocycles. The molecular weight excluding hydrogens is 328 g/mol. The van der Waals surface area contributed by atoms with Gasteiger partial charge in [-0.25, -0.2) is 0 Å². The van der Waals surface area contributed by atoms with E-state index in [1.807, 2.05) is 10.6 Å². The van der Waals surface area contributed by atoms with Crippen LogP contribution in [0.25, 0.3) is 5.65 Å². The van der Waals surface area contributed by atoms with Gasteiger partial charge in [-0.3, -0.25) is 9.69 Å². The molecule has 2 saturated heterocycles. The molecule has 2 aromatic rings. The second-order valence-corrected chi connectivity index (χ2v) is 7.97. The molecule has 3 aliphatic rings. The molecule has 2 aromatic heterocycles. The van der Waals surface area contributed by atoms with E-state index >= 15 is 0 Å². The Balaban J connectivity index is 1.31.